The number of para-hydroxylation sites is 1. The highest BCUT2D eigenvalue weighted by Crippen LogP contribution is 2.25. The number of hydrogen-bond donors (Lipinski definition) is 1. The van der Waals surface area contributed by atoms with Gasteiger partial charge in [0.15, 0.2) is 0 Å². The molecule has 1 N–H and O–H groups in total. The van der Waals surface area contributed by atoms with E-state index in [2.05, 4.69) is 16.5 Å². The molecule has 2 rings (SSSR count). The maximum Gasteiger partial charge on any atom is 0.237 e. The van der Waals surface area contributed by atoms with E-state index in [1.54, 1.807) is 28.9 Å². The third kappa shape index (κ3) is 3.64. The molecule has 21 heavy (non-hydrogen) atoms. The predicted molar refractivity (Wildman–Crippen MR) is 83.1 cm³/mol. The Hall–Kier alpha value is -2.26. The number of amides is 1. The zero-order valence-corrected chi connectivity index (χ0v) is 12.9. The predicted octanol–water partition coefficient (Wildman–Crippen LogP) is 2.72. The van der Waals surface area contributed by atoms with Crippen molar-refractivity contribution >= 4 is 23.4 Å². The van der Waals surface area contributed by atoms with E-state index >= 15 is 0 Å². The molecule has 0 saturated carbocycles. The van der Waals surface area contributed by atoms with Crippen LogP contribution in [0.15, 0.2) is 35.4 Å². The Labute approximate surface area is 128 Å². The minimum absolute atomic E-state index is 0.137. The second kappa shape index (κ2) is 6.46. The summed E-state index contributed by atoms with van der Waals surface area (Å²) < 4.78 is 1.76. The highest BCUT2D eigenvalue weighted by Gasteiger charge is 2.17. The molecule has 1 amide bonds. The van der Waals surface area contributed by atoms with Crippen molar-refractivity contribution in [1.82, 2.24) is 9.78 Å². The van der Waals surface area contributed by atoms with Crippen molar-refractivity contribution in [3.05, 3.63) is 41.6 Å². The molecule has 108 valence electrons. The molecule has 0 aliphatic heterocycles. The summed E-state index contributed by atoms with van der Waals surface area (Å²) in [6.45, 7) is 3.75. The SMILES string of the molecule is Cc1cc(SC(C)C(=O)Nc2ccccc2C#N)n(C)n1. The van der Waals surface area contributed by atoms with Crippen molar-refractivity contribution < 1.29 is 4.79 Å². The Balaban J connectivity index is 2.06. The molecule has 1 aromatic heterocycles. The Bertz CT molecular complexity index is 702. The van der Waals surface area contributed by atoms with Crippen LogP contribution in [-0.4, -0.2) is 20.9 Å². The van der Waals surface area contributed by atoms with Gasteiger partial charge >= 0.3 is 0 Å². The Morgan fingerprint density at radius 1 is 1.48 bits per heavy atom. The molecule has 2 aromatic rings. The second-order valence-electron chi connectivity index (χ2n) is 4.65. The molecular weight excluding hydrogens is 284 g/mol. The van der Waals surface area contributed by atoms with Gasteiger partial charge in [0.25, 0.3) is 0 Å². The minimum atomic E-state index is -0.286. The molecule has 1 atom stereocenters. The quantitative estimate of drug-likeness (QED) is 0.881. The lowest BCUT2D eigenvalue weighted by Gasteiger charge is -2.12. The van der Waals surface area contributed by atoms with E-state index < -0.39 is 0 Å². The zero-order valence-electron chi connectivity index (χ0n) is 12.1. The lowest BCUT2D eigenvalue weighted by molar-refractivity contribution is -0.115. The van der Waals surface area contributed by atoms with Gasteiger partial charge in [0.1, 0.15) is 6.07 Å². The molecule has 0 bridgehead atoms. The first-order valence-corrected chi connectivity index (χ1v) is 7.36. The van der Waals surface area contributed by atoms with Gasteiger partial charge in [-0.05, 0) is 32.0 Å². The number of aromatic nitrogens is 2. The number of thioether (sulfide) groups is 1. The van der Waals surface area contributed by atoms with E-state index in [4.69, 9.17) is 5.26 Å². The van der Waals surface area contributed by atoms with Crippen LogP contribution in [0.25, 0.3) is 0 Å². The molecule has 0 fully saturated rings. The number of benzene rings is 1. The number of hydrogen-bond acceptors (Lipinski definition) is 4. The normalized spacial score (nSPS) is 11.7. The van der Waals surface area contributed by atoms with Gasteiger partial charge in [-0.25, -0.2) is 0 Å². The number of anilines is 1. The minimum Gasteiger partial charge on any atom is -0.324 e. The number of nitriles is 1. The molecular formula is C15H16N4OS. The third-order valence-electron chi connectivity index (χ3n) is 2.93. The van der Waals surface area contributed by atoms with Gasteiger partial charge in [-0.15, -0.1) is 0 Å². The van der Waals surface area contributed by atoms with Crippen LogP contribution in [0.3, 0.4) is 0 Å². The fourth-order valence-electron chi connectivity index (χ4n) is 1.86. The van der Waals surface area contributed by atoms with Crippen LogP contribution >= 0.6 is 11.8 Å². The highest BCUT2D eigenvalue weighted by molar-refractivity contribution is 8.00. The maximum absolute atomic E-state index is 12.2. The molecule has 0 aliphatic carbocycles. The zero-order chi connectivity index (χ0) is 15.4. The van der Waals surface area contributed by atoms with Gasteiger partial charge in [0.05, 0.1) is 27.2 Å². The summed E-state index contributed by atoms with van der Waals surface area (Å²) in [5.74, 6) is -0.137. The van der Waals surface area contributed by atoms with E-state index in [-0.39, 0.29) is 11.2 Å². The number of carbonyl (C=O) groups excluding carboxylic acids is 1. The van der Waals surface area contributed by atoms with Crippen molar-refractivity contribution in [2.75, 3.05) is 5.32 Å². The summed E-state index contributed by atoms with van der Waals surface area (Å²) in [4.78, 5) is 12.2. The van der Waals surface area contributed by atoms with Crippen molar-refractivity contribution in [2.24, 2.45) is 7.05 Å². The molecule has 1 unspecified atom stereocenters. The standard InChI is InChI=1S/C15H16N4OS/c1-10-8-14(19(3)18-10)21-11(2)15(20)17-13-7-5-4-6-12(13)9-16/h4-8,11H,1-3H3,(H,17,20). The van der Waals surface area contributed by atoms with E-state index in [1.807, 2.05) is 27.0 Å². The van der Waals surface area contributed by atoms with Crippen molar-refractivity contribution in [3.8, 4) is 6.07 Å². The first kappa shape index (κ1) is 15.1. The highest BCUT2D eigenvalue weighted by atomic mass is 32.2. The molecule has 6 heteroatoms. The van der Waals surface area contributed by atoms with Gasteiger partial charge in [-0.3, -0.25) is 9.48 Å². The number of nitrogens with one attached hydrogen (secondary N) is 1. The molecule has 0 radical (unpaired) electrons. The number of carbonyl (C=O) groups is 1. The van der Waals surface area contributed by atoms with Gasteiger partial charge in [-0.2, -0.15) is 10.4 Å². The fraction of sp³-hybridized carbons (Fsp3) is 0.267. The van der Waals surface area contributed by atoms with Crippen LogP contribution < -0.4 is 5.32 Å². The first-order chi connectivity index (χ1) is 10.0. The molecule has 5 nitrogen and oxygen atoms in total. The summed E-state index contributed by atoms with van der Waals surface area (Å²) in [6.07, 6.45) is 0. The van der Waals surface area contributed by atoms with Crippen molar-refractivity contribution in [3.63, 3.8) is 0 Å². The topological polar surface area (TPSA) is 70.7 Å². The van der Waals surface area contributed by atoms with E-state index in [0.717, 1.165) is 10.7 Å². The summed E-state index contributed by atoms with van der Waals surface area (Å²) in [5.41, 5.74) is 1.92. The van der Waals surface area contributed by atoms with Gasteiger partial charge in [0, 0.05) is 7.05 Å². The monoisotopic (exact) mass is 300 g/mol. The summed E-state index contributed by atoms with van der Waals surface area (Å²) >= 11 is 1.44. The van der Waals surface area contributed by atoms with E-state index in [1.165, 1.54) is 11.8 Å². The van der Waals surface area contributed by atoms with Gasteiger partial charge < -0.3 is 5.32 Å². The van der Waals surface area contributed by atoms with Gasteiger partial charge in [0.2, 0.25) is 5.91 Å². The van der Waals surface area contributed by atoms with Crippen LogP contribution in [0.4, 0.5) is 5.69 Å². The maximum atomic E-state index is 12.2. The lowest BCUT2D eigenvalue weighted by atomic mass is 10.2. The molecule has 0 aliphatic rings. The fourth-order valence-corrected chi connectivity index (χ4v) is 2.82. The Morgan fingerprint density at radius 2 is 2.19 bits per heavy atom. The van der Waals surface area contributed by atoms with Crippen LogP contribution in [0, 0.1) is 18.3 Å². The molecule has 0 saturated heterocycles. The summed E-state index contributed by atoms with van der Waals surface area (Å²) in [7, 11) is 1.85. The third-order valence-corrected chi connectivity index (χ3v) is 4.12. The second-order valence-corrected chi connectivity index (χ2v) is 6.02. The molecule has 1 aromatic carbocycles. The van der Waals surface area contributed by atoms with Crippen LogP contribution in [0.5, 0.6) is 0 Å². The smallest absolute Gasteiger partial charge is 0.237 e. The van der Waals surface area contributed by atoms with Crippen LogP contribution in [0.2, 0.25) is 0 Å². The summed E-state index contributed by atoms with van der Waals surface area (Å²) in [5, 5.41) is 16.7. The average Bonchev–Trinajstić information content (AvgIpc) is 2.77. The number of aryl methyl sites for hydroxylation is 2. The number of rotatable bonds is 4. The average molecular weight is 300 g/mol. The lowest BCUT2D eigenvalue weighted by Crippen LogP contribution is -2.23. The van der Waals surface area contributed by atoms with E-state index in [9.17, 15) is 4.79 Å². The number of nitrogens with zero attached hydrogens (tertiary/aromatic N) is 3. The molecule has 1 heterocycles. The molecule has 0 spiro atoms. The Morgan fingerprint density at radius 3 is 2.81 bits per heavy atom. The van der Waals surface area contributed by atoms with Crippen molar-refractivity contribution in [2.45, 2.75) is 24.1 Å². The first-order valence-electron chi connectivity index (χ1n) is 6.48. The van der Waals surface area contributed by atoms with Crippen LogP contribution in [-0.2, 0) is 11.8 Å². The largest absolute Gasteiger partial charge is 0.324 e. The van der Waals surface area contributed by atoms with E-state index in [0.29, 0.717) is 11.3 Å². The van der Waals surface area contributed by atoms with Crippen LogP contribution in [0.1, 0.15) is 18.2 Å². The van der Waals surface area contributed by atoms with Gasteiger partial charge in [-0.1, -0.05) is 23.9 Å². The summed E-state index contributed by atoms with van der Waals surface area (Å²) in [6, 6.07) is 11.0. The van der Waals surface area contributed by atoms with Crippen molar-refractivity contribution in [1.29, 1.82) is 5.26 Å². The Kier molecular flexibility index (Phi) is 4.66.